The van der Waals surface area contributed by atoms with Gasteiger partial charge in [-0.1, -0.05) is 32.6 Å². The van der Waals surface area contributed by atoms with Gasteiger partial charge in [0.2, 0.25) is 0 Å². The monoisotopic (exact) mass is 195 g/mol. The number of rotatable bonds is 5. The molecule has 14 heavy (non-hydrogen) atoms. The highest BCUT2D eigenvalue weighted by molar-refractivity contribution is 4.95. The van der Waals surface area contributed by atoms with Crippen molar-refractivity contribution in [2.24, 2.45) is 5.41 Å². The summed E-state index contributed by atoms with van der Waals surface area (Å²) >= 11 is 0. The molecule has 0 bridgehead atoms. The van der Waals surface area contributed by atoms with E-state index in [2.05, 4.69) is 12.2 Å². The molecular weight excluding hydrogens is 170 g/mol. The van der Waals surface area contributed by atoms with E-state index in [0.29, 0.717) is 0 Å². The molecule has 0 saturated heterocycles. The highest BCUT2D eigenvalue weighted by atomic mass is 14.9. The van der Waals surface area contributed by atoms with Gasteiger partial charge in [0.25, 0.3) is 0 Å². The van der Waals surface area contributed by atoms with Crippen LogP contribution >= 0.6 is 0 Å². The molecular formula is C13H25N. The van der Waals surface area contributed by atoms with Crippen LogP contribution in [0.5, 0.6) is 0 Å². The lowest BCUT2D eigenvalue weighted by Crippen LogP contribution is -2.35. The van der Waals surface area contributed by atoms with Crippen molar-refractivity contribution in [3.63, 3.8) is 0 Å². The minimum atomic E-state index is 0.742. The van der Waals surface area contributed by atoms with E-state index in [1.54, 1.807) is 0 Å². The molecule has 0 heterocycles. The van der Waals surface area contributed by atoms with Gasteiger partial charge in [-0.3, -0.25) is 0 Å². The van der Waals surface area contributed by atoms with Gasteiger partial charge in [-0.15, -0.1) is 0 Å². The lowest BCUT2D eigenvalue weighted by molar-refractivity contribution is 0.328. The van der Waals surface area contributed by atoms with Crippen molar-refractivity contribution < 1.29 is 0 Å². The minimum Gasteiger partial charge on any atom is -0.313 e. The zero-order valence-electron chi connectivity index (χ0n) is 9.65. The SMILES string of the molecule is CCCC1(CNC2CCCCC2)CC1. The number of hydrogen-bond donors (Lipinski definition) is 1. The first kappa shape index (κ1) is 10.5. The smallest absolute Gasteiger partial charge is 0.00672 e. The van der Waals surface area contributed by atoms with Crippen LogP contribution in [0.15, 0.2) is 0 Å². The van der Waals surface area contributed by atoms with Gasteiger partial charge in [-0.05, 0) is 37.5 Å². The van der Waals surface area contributed by atoms with Gasteiger partial charge in [0.05, 0.1) is 0 Å². The van der Waals surface area contributed by atoms with E-state index < -0.39 is 0 Å². The van der Waals surface area contributed by atoms with Crippen molar-refractivity contribution in [3.8, 4) is 0 Å². The largest absolute Gasteiger partial charge is 0.313 e. The van der Waals surface area contributed by atoms with Gasteiger partial charge in [0, 0.05) is 12.6 Å². The summed E-state index contributed by atoms with van der Waals surface area (Å²) in [6.45, 7) is 3.63. The summed E-state index contributed by atoms with van der Waals surface area (Å²) in [5.41, 5.74) is 0.742. The van der Waals surface area contributed by atoms with E-state index in [4.69, 9.17) is 0 Å². The predicted molar refractivity (Wildman–Crippen MR) is 61.5 cm³/mol. The molecule has 82 valence electrons. The number of nitrogens with one attached hydrogen (secondary N) is 1. The molecule has 1 N–H and O–H groups in total. The van der Waals surface area contributed by atoms with Crippen LogP contribution in [-0.2, 0) is 0 Å². The third-order valence-corrected chi connectivity index (χ3v) is 4.11. The summed E-state index contributed by atoms with van der Waals surface area (Å²) < 4.78 is 0. The second-order valence-electron chi connectivity index (χ2n) is 5.47. The lowest BCUT2D eigenvalue weighted by atomic mass is 9.94. The molecule has 0 unspecified atom stereocenters. The molecule has 2 aliphatic rings. The predicted octanol–water partition coefficient (Wildman–Crippen LogP) is 3.49. The molecule has 0 aromatic carbocycles. The zero-order valence-corrected chi connectivity index (χ0v) is 9.65. The van der Waals surface area contributed by atoms with Gasteiger partial charge < -0.3 is 5.32 Å². The Morgan fingerprint density at radius 3 is 2.43 bits per heavy atom. The Morgan fingerprint density at radius 1 is 1.14 bits per heavy atom. The fourth-order valence-electron chi connectivity index (χ4n) is 2.89. The first-order valence-corrected chi connectivity index (χ1v) is 6.58. The molecule has 0 amide bonds. The summed E-state index contributed by atoms with van der Waals surface area (Å²) in [6, 6.07) is 0.859. The molecule has 0 atom stereocenters. The Hall–Kier alpha value is -0.0400. The first-order valence-electron chi connectivity index (χ1n) is 6.58. The fourth-order valence-corrected chi connectivity index (χ4v) is 2.89. The summed E-state index contributed by atoms with van der Waals surface area (Å²) in [4.78, 5) is 0. The molecule has 2 aliphatic carbocycles. The summed E-state index contributed by atoms with van der Waals surface area (Å²) in [7, 11) is 0. The highest BCUT2D eigenvalue weighted by Gasteiger charge is 2.41. The Kier molecular flexibility index (Phi) is 3.48. The van der Waals surface area contributed by atoms with E-state index in [9.17, 15) is 0 Å². The quantitative estimate of drug-likeness (QED) is 0.708. The molecule has 2 rings (SSSR count). The van der Waals surface area contributed by atoms with Crippen molar-refractivity contribution in [2.75, 3.05) is 6.54 Å². The van der Waals surface area contributed by atoms with Crippen LogP contribution in [0.25, 0.3) is 0 Å². The molecule has 1 nitrogen and oxygen atoms in total. The minimum absolute atomic E-state index is 0.742. The van der Waals surface area contributed by atoms with Crippen molar-refractivity contribution in [1.29, 1.82) is 0 Å². The second-order valence-corrected chi connectivity index (χ2v) is 5.47. The standard InChI is InChI=1S/C13H25N/c1-2-8-13(9-10-13)11-14-12-6-4-3-5-7-12/h12,14H,2-11H2,1H3. The Bertz CT molecular complexity index is 166. The molecule has 0 aromatic rings. The molecule has 1 heteroatoms. The first-order chi connectivity index (χ1) is 6.85. The van der Waals surface area contributed by atoms with Crippen LogP contribution in [0.2, 0.25) is 0 Å². The summed E-state index contributed by atoms with van der Waals surface area (Å²) in [5.74, 6) is 0. The average Bonchev–Trinajstić information content (AvgIpc) is 2.98. The van der Waals surface area contributed by atoms with E-state index in [1.807, 2.05) is 0 Å². The third-order valence-electron chi connectivity index (χ3n) is 4.11. The van der Waals surface area contributed by atoms with Gasteiger partial charge in [0.1, 0.15) is 0 Å². The maximum absolute atomic E-state index is 3.81. The highest BCUT2D eigenvalue weighted by Crippen LogP contribution is 2.49. The lowest BCUT2D eigenvalue weighted by Gasteiger charge is -2.25. The van der Waals surface area contributed by atoms with Crippen LogP contribution in [0.1, 0.15) is 64.7 Å². The normalized spacial score (nSPS) is 26.4. The summed E-state index contributed by atoms with van der Waals surface area (Å²) in [5, 5.41) is 3.81. The van der Waals surface area contributed by atoms with E-state index in [-0.39, 0.29) is 0 Å². The Balaban J connectivity index is 1.65. The van der Waals surface area contributed by atoms with Crippen LogP contribution < -0.4 is 5.32 Å². The maximum Gasteiger partial charge on any atom is 0.00672 e. The molecule has 0 spiro atoms. The zero-order chi connectivity index (χ0) is 9.86. The third kappa shape index (κ3) is 2.73. The van der Waals surface area contributed by atoms with Gasteiger partial charge >= 0.3 is 0 Å². The van der Waals surface area contributed by atoms with E-state index in [0.717, 1.165) is 11.5 Å². The summed E-state index contributed by atoms with van der Waals surface area (Å²) in [6.07, 6.45) is 13.0. The van der Waals surface area contributed by atoms with Crippen LogP contribution in [0, 0.1) is 5.41 Å². The Morgan fingerprint density at radius 2 is 1.86 bits per heavy atom. The fraction of sp³-hybridized carbons (Fsp3) is 1.00. The van der Waals surface area contributed by atoms with Crippen LogP contribution in [0.4, 0.5) is 0 Å². The molecule has 2 fully saturated rings. The van der Waals surface area contributed by atoms with Crippen LogP contribution in [-0.4, -0.2) is 12.6 Å². The van der Waals surface area contributed by atoms with E-state index in [1.165, 1.54) is 64.3 Å². The van der Waals surface area contributed by atoms with Gasteiger partial charge in [-0.2, -0.15) is 0 Å². The van der Waals surface area contributed by atoms with Crippen molar-refractivity contribution in [1.82, 2.24) is 5.32 Å². The van der Waals surface area contributed by atoms with Crippen molar-refractivity contribution >= 4 is 0 Å². The molecule has 0 aliphatic heterocycles. The topological polar surface area (TPSA) is 12.0 Å². The van der Waals surface area contributed by atoms with Crippen molar-refractivity contribution in [3.05, 3.63) is 0 Å². The molecule has 0 radical (unpaired) electrons. The number of hydrogen-bond acceptors (Lipinski definition) is 1. The van der Waals surface area contributed by atoms with Gasteiger partial charge in [0.15, 0.2) is 0 Å². The van der Waals surface area contributed by atoms with Crippen molar-refractivity contribution in [2.45, 2.75) is 70.8 Å². The Labute approximate surface area is 88.7 Å². The van der Waals surface area contributed by atoms with Gasteiger partial charge in [-0.25, -0.2) is 0 Å². The molecule has 0 aromatic heterocycles. The maximum atomic E-state index is 3.81. The van der Waals surface area contributed by atoms with E-state index >= 15 is 0 Å². The van der Waals surface area contributed by atoms with Crippen LogP contribution in [0.3, 0.4) is 0 Å². The molecule has 2 saturated carbocycles. The second kappa shape index (κ2) is 4.65. The average molecular weight is 195 g/mol.